The molecule has 1 aliphatic heterocycles. The van der Waals surface area contributed by atoms with E-state index < -0.39 is 5.60 Å². The van der Waals surface area contributed by atoms with Crippen molar-refractivity contribution < 1.29 is 14.3 Å². The lowest BCUT2D eigenvalue weighted by atomic mass is 9.85. The van der Waals surface area contributed by atoms with Crippen LogP contribution in [0.4, 0.5) is 4.39 Å². The second kappa shape index (κ2) is 7.22. The second-order valence-corrected chi connectivity index (χ2v) is 7.90. The minimum atomic E-state index is -0.844. The highest BCUT2D eigenvalue weighted by molar-refractivity contribution is 7.11. The van der Waals surface area contributed by atoms with Crippen molar-refractivity contribution in [1.29, 1.82) is 0 Å². The van der Waals surface area contributed by atoms with Gasteiger partial charge in [-0.2, -0.15) is 0 Å². The summed E-state index contributed by atoms with van der Waals surface area (Å²) in [7, 11) is 0. The number of carbonyl (C=O) groups excluding carboxylic acids is 1. The molecule has 0 bridgehead atoms. The molecule has 1 amide bonds. The van der Waals surface area contributed by atoms with Gasteiger partial charge in [-0.3, -0.25) is 4.79 Å². The van der Waals surface area contributed by atoms with E-state index in [9.17, 15) is 14.3 Å². The topological polar surface area (TPSA) is 53.4 Å². The Morgan fingerprint density at radius 3 is 2.56 bits per heavy atom. The van der Waals surface area contributed by atoms with Crippen molar-refractivity contribution in [2.24, 2.45) is 0 Å². The molecule has 0 atom stereocenters. The smallest absolute Gasteiger partial charge is 0.265 e. The average molecular weight is 362 g/mol. The molecule has 0 saturated carbocycles. The number of hydrogen-bond acceptors (Lipinski definition) is 4. The first-order valence-electron chi connectivity index (χ1n) is 8.57. The highest BCUT2D eigenvalue weighted by Gasteiger charge is 2.35. The van der Waals surface area contributed by atoms with Crippen molar-refractivity contribution in [3.63, 3.8) is 0 Å². The fraction of sp³-hybridized carbons (Fsp3) is 0.474. The predicted octanol–water partition coefficient (Wildman–Crippen LogP) is 3.62. The maximum atomic E-state index is 13.0. The minimum absolute atomic E-state index is 0.00929. The molecule has 1 N–H and O–H groups in total. The van der Waals surface area contributed by atoms with Crippen molar-refractivity contribution in [3.8, 4) is 0 Å². The van der Waals surface area contributed by atoms with Crippen LogP contribution in [0.2, 0.25) is 0 Å². The Kier molecular flexibility index (Phi) is 5.20. The molecule has 1 aromatic carbocycles. The van der Waals surface area contributed by atoms with Crippen molar-refractivity contribution in [2.45, 2.75) is 44.6 Å². The summed E-state index contributed by atoms with van der Waals surface area (Å²) in [5.41, 5.74) is 2.64. The van der Waals surface area contributed by atoms with E-state index in [1.54, 1.807) is 22.5 Å². The van der Waals surface area contributed by atoms with E-state index in [2.05, 4.69) is 4.98 Å². The van der Waals surface area contributed by atoms with Crippen LogP contribution in [-0.2, 0) is 6.42 Å². The number of aromatic nitrogens is 1. The van der Waals surface area contributed by atoms with E-state index in [1.165, 1.54) is 23.5 Å². The molecular formula is C19H23FN2O2S. The van der Waals surface area contributed by atoms with Crippen LogP contribution in [0.3, 0.4) is 0 Å². The Labute approximate surface area is 151 Å². The fourth-order valence-electron chi connectivity index (χ4n) is 3.25. The predicted molar refractivity (Wildman–Crippen MR) is 96.4 cm³/mol. The fourth-order valence-corrected chi connectivity index (χ4v) is 4.17. The van der Waals surface area contributed by atoms with Crippen LogP contribution in [0.15, 0.2) is 29.8 Å². The average Bonchev–Trinajstić information content (AvgIpc) is 3.07. The van der Waals surface area contributed by atoms with Gasteiger partial charge in [-0.15, -0.1) is 11.3 Å². The Bertz CT molecular complexity index is 734. The monoisotopic (exact) mass is 362 g/mol. The second-order valence-electron chi connectivity index (χ2n) is 7.04. The summed E-state index contributed by atoms with van der Waals surface area (Å²) in [6, 6.07) is 6.23. The van der Waals surface area contributed by atoms with Crippen LogP contribution in [0.1, 0.15) is 53.5 Å². The van der Waals surface area contributed by atoms with Crippen LogP contribution < -0.4 is 0 Å². The minimum Gasteiger partial charge on any atom is -0.389 e. The number of benzene rings is 1. The van der Waals surface area contributed by atoms with Gasteiger partial charge in [0.2, 0.25) is 0 Å². The van der Waals surface area contributed by atoms with Gasteiger partial charge in [0.15, 0.2) is 0 Å². The molecule has 0 unspecified atom stereocenters. The number of hydrogen-bond donors (Lipinski definition) is 1. The lowest BCUT2D eigenvalue weighted by Gasteiger charge is -2.38. The number of piperidine rings is 1. The zero-order valence-electron chi connectivity index (χ0n) is 14.5. The normalized spacial score (nSPS) is 17.1. The standard InChI is InChI=1S/C19H23FN2O2S/c1-13(2)16-17(25-12-21-16)18(23)22-9-7-19(24,8-10-22)11-14-3-5-15(20)6-4-14/h3-6,12-13,24H,7-11H2,1-2H3. The molecule has 134 valence electrons. The molecule has 1 saturated heterocycles. The highest BCUT2D eigenvalue weighted by atomic mass is 32.1. The molecule has 2 heterocycles. The summed E-state index contributed by atoms with van der Waals surface area (Å²) in [5, 5.41) is 10.8. The molecule has 3 rings (SSSR count). The number of amides is 1. The van der Waals surface area contributed by atoms with Crippen molar-refractivity contribution >= 4 is 17.2 Å². The van der Waals surface area contributed by atoms with E-state index in [4.69, 9.17) is 0 Å². The zero-order chi connectivity index (χ0) is 18.0. The van der Waals surface area contributed by atoms with Crippen LogP contribution in [0, 0.1) is 5.82 Å². The van der Waals surface area contributed by atoms with Crippen molar-refractivity contribution in [2.75, 3.05) is 13.1 Å². The SMILES string of the molecule is CC(C)c1ncsc1C(=O)N1CCC(O)(Cc2ccc(F)cc2)CC1. The maximum absolute atomic E-state index is 13.0. The number of halogens is 1. The molecule has 6 heteroatoms. The molecule has 1 aromatic heterocycles. The van der Waals surface area contributed by atoms with Gasteiger partial charge in [-0.25, -0.2) is 9.37 Å². The number of aliphatic hydroxyl groups is 1. The lowest BCUT2D eigenvalue weighted by molar-refractivity contribution is -0.0161. The summed E-state index contributed by atoms with van der Waals surface area (Å²) in [6.07, 6.45) is 1.52. The third kappa shape index (κ3) is 4.07. The largest absolute Gasteiger partial charge is 0.389 e. The number of likely N-dealkylation sites (tertiary alicyclic amines) is 1. The van der Waals surface area contributed by atoms with Crippen molar-refractivity contribution in [3.05, 3.63) is 51.7 Å². The third-order valence-electron chi connectivity index (χ3n) is 4.76. The quantitative estimate of drug-likeness (QED) is 0.904. The first-order valence-corrected chi connectivity index (χ1v) is 9.45. The van der Waals surface area contributed by atoms with Gasteiger partial charge >= 0.3 is 0 Å². The van der Waals surface area contributed by atoms with Gasteiger partial charge in [0, 0.05) is 19.5 Å². The molecule has 0 spiro atoms. The molecule has 25 heavy (non-hydrogen) atoms. The molecule has 0 radical (unpaired) electrons. The van der Waals surface area contributed by atoms with Gasteiger partial charge in [0.25, 0.3) is 5.91 Å². The van der Waals surface area contributed by atoms with Gasteiger partial charge < -0.3 is 10.0 Å². The van der Waals surface area contributed by atoms with Crippen LogP contribution in [0.25, 0.3) is 0 Å². The molecule has 1 aliphatic rings. The van der Waals surface area contributed by atoms with E-state index in [-0.39, 0.29) is 17.6 Å². The Morgan fingerprint density at radius 1 is 1.32 bits per heavy atom. The first-order chi connectivity index (χ1) is 11.9. The molecule has 4 nitrogen and oxygen atoms in total. The van der Waals surface area contributed by atoms with E-state index in [0.29, 0.717) is 37.2 Å². The van der Waals surface area contributed by atoms with E-state index in [0.717, 1.165) is 11.3 Å². The Hall–Kier alpha value is -1.79. The summed E-state index contributed by atoms with van der Waals surface area (Å²) < 4.78 is 13.0. The van der Waals surface area contributed by atoms with E-state index in [1.807, 2.05) is 13.8 Å². The van der Waals surface area contributed by atoms with Gasteiger partial charge in [0.05, 0.1) is 16.8 Å². The van der Waals surface area contributed by atoms with Gasteiger partial charge in [-0.05, 0) is 36.5 Å². The highest BCUT2D eigenvalue weighted by Crippen LogP contribution is 2.29. The number of rotatable bonds is 4. The third-order valence-corrected chi connectivity index (χ3v) is 5.59. The van der Waals surface area contributed by atoms with Gasteiger partial charge in [0.1, 0.15) is 10.7 Å². The zero-order valence-corrected chi connectivity index (χ0v) is 15.4. The number of thiazole rings is 1. The summed E-state index contributed by atoms with van der Waals surface area (Å²) in [5.74, 6) is -0.0536. The Morgan fingerprint density at radius 2 is 1.96 bits per heavy atom. The lowest BCUT2D eigenvalue weighted by Crippen LogP contribution is -2.47. The molecular weight excluding hydrogens is 339 g/mol. The summed E-state index contributed by atoms with van der Waals surface area (Å²) in [6.45, 7) is 5.10. The summed E-state index contributed by atoms with van der Waals surface area (Å²) >= 11 is 1.38. The van der Waals surface area contributed by atoms with Gasteiger partial charge in [-0.1, -0.05) is 26.0 Å². The number of nitrogens with zero attached hydrogens (tertiary/aromatic N) is 2. The van der Waals surface area contributed by atoms with Crippen LogP contribution >= 0.6 is 11.3 Å². The molecule has 1 fully saturated rings. The maximum Gasteiger partial charge on any atom is 0.265 e. The summed E-state index contributed by atoms with van der Waals surface area (Å²) in [4.78, 5) is 19.6. The Balaban J connectivity index is 1.63. The van der Waals surface area contributed by atoms with Crippen LogP contribution in [-0.4, -0.2) is 39.6 Å². The molecule has 2 aromatic rings. The van der Waals surface area contributed by atoms with Crippen LogP contribution in [0.5, 0.6) is 0 Å². The number of carbonyl (C=O) groups is 1. The van der Waals surface area contributed by atoms with Crippen molar-refractivity contribution in [1.82, 2.24) is 9.88 Å². The van der Waals surface area contributed by atoms with E-state index >= 15 is 0 Å². The first kappa shape index (κ1) is 18.0. The molecule has 0 aliphatic carbocycles.